The lowest BCUT2D eigenvalue weighted by Crippen LogP contribution is -2.31. The standard InChI is InChI=1S/C14H17N5S/c1-9-5-10(2)13(16-7-9)12(18-15)6-11-8-19-3-4-20-14(19)17-11/h3-5,7-8,12,18H,6,15H2,1-2H3. The molecule has 0 saturated carbocycles. The number of hydrazine groups is 1. The summed E-state index contributed by atoms with van der Waals surface area (Å²) in [6.45, 7) is 4.10. The van der Waals surface area contributed by atoms with E-state index in [1.54, 1.807) is 11.3 Å². The molecule has 0 aromatic carbocycles. The van der Waals surface area contributed by atoms with Gasteiger partial charge in [-0.05, 0) is 25.0 Å². The first-order valence-corrected chi connectivity index (χ1v) is 7.35. The minimum atomic E-state index is -0.0276. The number of rotatable bonds is 4. The van der Waals surface area contributed by atoms with Crippen LogP contribution in [0.15, 0.2) is 30.0 Å². The molecular formula is C14H17N5S. The Labute approximate surface area is 121 Å². The Morgan fingerprint density at radius 2 is 2.30 bits per heavy atom. The Bertz CT molecular complexity index is 702. The molecule has 3 heterocycles. The molecule has 0 radical (unpaired) electrons. The quantitative estimate of drug-likeness (QED) is 0.570. The Balaban J connectivity index is 1.88. The summed E-state index contributed by atoms with van der Waals surface area (Å²) >= 11 is 1.63. The number of pyridine rings is 1. The van der Waals surface area contributed by atoms with Crippen molar-refractivity contribution in [3.05, 3.63) is 52.6 Å². The van der Waals surface area contributed by atoms with Crippen molar-refractivity contribution in [3.63, 3.8) is 0 Å². The number of thiazole rings is 1. The average Bonchev–Trinajstić information content (AvgIpc) is 2.97. The molecule has 5 nitrogen and oxygen atoms in total. The lowest BCUT2D eigenvalue weighted by atomic mass is 10.0. The van der Waals surface area contributed by atoms with Crippen LogP contribution < -0.4 is 11.3 Å². The Morgan fingerprint density at radius 3 is 3.00 bits per heavy atom. The molecule has 0 saturated heterocycles. The molecule has 0 bridgehead atoms. The van der Waals surface area contributed by atoms with Gasteiger partial charge in [-0.25, -0.2) is 4.98 Å². The third kappa shape index (κ3) is 2.45. The van der Waals surface area contributed by atoms with Gasteiger partial charge >= 0.3 is 0 Å². The predicted octanol–water partition coefficient (Wildman–Crippen LogP) is 2.15. The monoisotopic (exact) mass is 287 g/mol. The molecular weight excluding hydrogens is 270 g/mol. The minimum absolute atomic E-state index is 0.0276. The lowest BCUT2D eigenvalue weighted by Gasteiger charge is -2.16. The third-order valence-electron chi connectivity index (χ3n) is 3.34. The molecule has 104 valence electrons. The number of fused-ring (bicyclic) bond motifs is 1. The van der Waals surface area contributed by atoms with Crippen LogP contribution in [0.4, 0.5) is 0 Å². The van der Waals surface area contributed by atoms with E-state index in [-0.39, 0.29) is 6.04 Å². The number of aryl methyl sites for hydroxylation is 2. The number of nitrogens with two attached hydrogens (primary N) is 1. The second kappa shape index (κ2) is 5.32. The summed E-state index contributed by atoms with van der Waals surface area (Å²) in [6, 6.07) is 2.10. The second-order valence-electron chi connectivity index (χ2n) is 4.96. The van der Waals surface area contributed by atoms with E-state index in [9.17, 15) is 0 Å². The van der Waals surface area contributed by atoms with Gasteiger partial charge in [0, 0.05) is 30.4 Å². The summed E-state index contributed by atoms with van der Waals surface area (Å²) in [5, 5.41) is 2.02. The zero-order chi connectivity index (χ0) is 14.1. The SMILES string of the molecule is Cc1cnc(C(Cc2cn3ccsc3n2)NN)c(C)c1. The molecule has 1 unspecified atom stereocenters. The van der Waals surface area contributed by atoms with Gasteiger partial charge in [-0.1, -0.05) is 6.07 Å². The van der Waals surface area contributed by atoms with Gasteiger partial charge in [0.25, 0.3) is 0 Å². The molecule has 3 N–H and O–H groups in total. The zero-order valence-electron chi connectivity index (χ0n) is 11.5. The Hall–Kier alpha value is -1.76. The van der Waals surface area contributed by atoms with Crippen molar-refractivity contribution in [1.82, 2.24) is 19.8 Å². The van der Waals surface area contributed by atoms with Crippen LogP contribution in [0.1, 0.15) is 28.6 Å². The highest BCUT2D eigenvalue weighted by Crippen LogP contribution is 2.21. The van der Waals surface area contributed by atoms with Gasteiger partial charge in [-0.3, -0.25) is 20.7 Å². The molecule has 3 aromatic rings. The summed E-state index contributed by atoms with van der Waals surface area (Å²) in [5.74, 6) is 5.71. The van der Waals surface area contributed by atoms with E-state index in [1.807, 2.05) is 35.3 Å². The molecule has 20 heavy (non-hydrogen) atoms. The van der Waals surface area contributed by atoms with Crippen molar-refractivity contribution < 1.29 is 0 Å². The molecule has 0 aliphatic heterocycles. The first kappa shape index (κ1) is 13.2. The highest BCUT2D eigenvalue weighted by atomic mass is 32.1. The van der Waals surface area contributed by atoms with Gasteiger partial charge in [0.2, 0.25) is 0 Å². The van der Waals surface area contributed by atoms with Crippen LogP contribution in [0.25, 0.3) is 4.96 Å². The first-order chi connectivity index (χ1) is 9.67. The fraction of sp³-hybridized carbons (Fsp3) is 0.286. The van der Waals surface area contributed by atoms with Crippen LogP contribution in [-0.2, 0) is 6.42 Å². The first-order valence-electron chi connectivity index (χ1n) is 6.47. The molecule has 0 spiro atoms. The van der Waals surface area contributed by atoms with Crippen LogP contribution in [0, 0.1) is 13.8 Å². The van der Waals surface area contributed by atoms with Gasteiger partial charge in [-0.2, -0.15) is 0 Å². The predicted molar refractivity (Wildman–Crippen MR) is 80.5 cm³/mol. The average molecular weight is 287 g/mol. The van der Waals surface area contributed by atoms with Crippen LogP contribution in [-0.4, -0.2) is 14.4 Å². The number of nitrogens with zero attached hydrogens (tertiary/aromatic N) is 3. The molecule has 0 aliphatic carbocycles. The summed E-state index contributed by atoms with van der Waals surface area (Å²) in [5.41, 5.74) is 7.16. The van der Waals surface area contributed by atoms with Crippen molar-refractivity contribution in [1.29, 1.82) is 0 Å². The lowest BCUT2D eigenvalue weighted by molar-refractivity contribution is 0.531. The topological polar surface area (TPSA) is 68.2 Å². The van der Waals surface area contributed by atoms with Gasteiger partial charge in [0.15, 0.2) is 4.96 Å². The largest absolute Gasteiger partial charge is 0.297 e. The van der Waals surface area contributed by atoms with Gasteiger partial charge < -0.3 is 0 Å². The fourth-order valence-corrected chi connectivity index (χ4v) is 3.13. The number of nitrogens with one attached hydrogen (secondary N) is 1. The molecule has 3 rings (SSSR count). The van der Waals surface area contributed by atoms with Gasteiger partial charge in [0.1, 0.15) is 0 Å². The molecule has 0 fully saturated rings. The summed E-state index contributed by atoms with van der Waals surface area (Å²) in [4.78, 5) is 10.1. The molecule has 0 aliphatic rings. The van der Waals surface area contributed by atoms with Crippen LogP contribution in [0.5, 0.6) is 0 Å². The number of hydrogen-bond acceptors (Lipinski definition) is 5. The Kier molecular flexibility index (Phi) is 3.52. The van der Waals surface area contributed by atoms with E-state index in [1.165, 1.54) is 0 Å². The molecule has 6 heteroatoms. The van der Waals surface area contributed by atoms with Crippen LogP contribution in [0.2, 0.25) is 0 Å². The molecule has 1 atom stereocenters. The van der Waals surface area contributed by atoms with Crippen LogP contribution >= 0.6 is 11.3 Å². The van der Waals surface area contributed by atoms with E-state index in [4.69, 9.17) is 5.84 Å². The number of imidazole rings is 1. The van der Waals surface area contributed by atoms with E-state index in [0.717, 1.165) is 33.9 Å². The summed E-state index contributed by atoms with van der Waals surface area (Å²) in [7, 11) is 0. The smallest absolute Gasteiger partial charge is 0.193 e. The molecule has 0 amide bonds. The fourth-order valence-electron chi connectivity index (χ4n) is 2.41. The maximum atomic E-state index is 5.71. The van der Waals surface area contributed by atoms with E-state index in [0.29, 0.717) is 0 Å². The number of aromatic nitrogens is 3. The van der Waals surface area contributed by atoms with Crippen LogP contribution in [0.3, 0.4) is 0 Å². The Morgan fingerprint density at radius 1 is 1.45 bits per heavy atom. The normalized spacial score (nSPS) is 12.9. The van der Waals surface area contributed by atoms with Crippen molar-refractivity contribution in [2.75, 3.05) is 0 Å². The van der Waals surface area contributed by atoms with Gasteiger partial charge in [-0.15, -0.1) is 11.3 Å². The highest BCUT2D eigenvalue weighted by molar-refractivity contribution is 7.15. The van der Waals surface area contributed by atoms with E-state index < -0.39 is 0 Å². The van der Waals surface area contributed by atoms with Gasteiger partial charge in [0.05, 0.1) is 17.4 Å². The van der Waals surface area contributed by atoms with E-state index >= 15 is 0 Å². The third-order valence-corrected chi connectivity index (χ3v) is 4.11. The maximum absolute atomic E-state index is 5.71. The van der Waals surface area contributed by atoms with Crippen molar-refractivity contribution in [3.8, 4) is 0 Å². The van der Waals surface area contributed by atoms with Crippen molar-refractivity contribution in [2.24, 2.45) is 5.84 Å². The highest BCUT2D eigenvalue weighted by Gasteiger charge is 2.16. The van der Waals surface area contributed by atoms with E-state index in [2.05, 4.69) is 28.4 Å². The maximum Gasteiger partial charge on any atom is 0.193 e. The summed E-state index contributed by atoms with van der Waals surface area (Å²) < 4.78 is 2.03. The minimum Gasteiger partial charge on any atom is -0.297 e. The van der Waals surface area contributed by atoms with Crippen molar-refractivity contribution >= 4 is 16.3 Å². The second-order valence-corrected chi connectivity index (χ2v) is 5.84. The number of hydrogen-bond donors (Lipinski definition) is 2. The van der Waals surface area contributed by atoms with Crippen molar-refractivity contribution in [2.45, 2.75) is 26.3 Å². The zero-order valence-corrected chi connectivity index (χ0v) is 12.3. The molecule has 3 aromatic heterocycles. The summed E-state index contributed by atoms with van der Waals surface area (Å²) in [6.07, 6.45) is 6.65.